The predicted octanol–water partition coefficient (Wildman–Crippen LogP) is 8.05. The number of imide groups is 1. The molecule has 0 spiro atoms. The summed E-state index contributed by atoms with van der Waals surface area (Å²) < 4.78 is 11.5. The van der Waals surface area contributed by atoms with Crippen LogP contribution in [-0.2, 0) is 9.47 Å². The van der Waals surface area contributed by atoms with Crippen molar-refractivity contribution in [1.29, 1.82) is 0 Å². The fraction of sp³-hybridized carbons (Fsp3) is 0.0455. The average Bonchev–Trinajstić information content (AvgIpc) is 3.47. The van der Waals surface area contributed by atoms with E-state index in [9.17, 15) is 28.8 Å². The zero-order valence-corrected chi connectivity index (χ0v) is 28.0. The van der Waals surface area contributed by atoms with Crippen LogP contribution in [0.25, 0.3) is 0 Å². The molecule has 0 fully saturated rings. The van der Waals surface area contributed by atoms with Crippen molar-refractivity contribution < 1.29 is 38.2 Å². The van der Waals surface area contributed by atoms with Crippen LogP contribution in [0.1, 0.15) is 85.5 Å². The second-order valence-electron chi connectivity index (χ2n) is 12.1. The Kier molecular flexibility index (Phi) is 9.63. The Bertz CT molecular complexity index is 2340. The minimum atomic E-state index is -1.25. The first kappa shape index (κ1) is 34.2. The topological polar surface area (TPSA) is 124 Å². The molecule has 1 aliphatic heterocycles. The molecule has 0 aliphatic carbocycles. The molecule has 7 rings (SSSR count). The minimum absolute atomic E-state index is 0.0235. The molecule has 1 aliphatic rings. The van der Waals surface area contributed by atoms with Crippen LogP contribution in [0.4, 0.5) is 5.69 Å². The van der Waals surface area contributed by atoms with Gasteiger partial charge in [0.1, 0.15) is 0 Å². The number of esters is 2. The Balaban J connectivity index is 1.08. The summed E-state index contributed by atoms with van der Waals surface area (Å²) in [7, 11) is 0. The van der Waals surface area contributed by atoms with Crippen LogP contribution < -0.4 is 4.90 Å². The summed E-state index contributed by atoms with van der Waals surface area (Å²) in [6.07, 6.45) is -2.46. The highest BCUT2D eigenvalue weighted by Gasteiger charge is 2.38. The first-order valence-electron chi connectivity index (χ1n) is 16.6. The molecule has 6 aromatic carbocycles. The number of hydrogen-bond donors (Lipinski definition) is 0. The second-order valence-corrected chi connectivity index (χ2v) is 12.1. The fourth-order valence-electron chi connectivity index (χ4n) is 6.01. The Morgan fingerprint density at radius 1 is 0.415 bits per heavy atom. The van der Waals surface area contributed by atoms with E-state index in [4.69, 9.17) is 9.47 Å². The van der Waals surface area contributed by atoms with Crippen molar-refractivity contribution in [3.8, 4) is 0 Å². The van der Waals surface area contributed by atoms with E-state index in [1.165, 1.54) is 42.5 Å². The van der Waals surface area contributed by atoms with Crippen molar-refractivity contribution in [2.24, 2.45) is 0 Å². The lowest BCUT2D eigenvalue weighted by molar-refractivity contribution is 0.0278. The molecule has 1 heterocycles. The van der Waals surface area contributed by atoms with E-state index in [1.54, 1.807) is 121 Å². The van der Waals surface area contributed by atoms with Gasteiger partial charge in [0, 0.05) is 22.3 Å². The van der Waals surface area contributed by atoms with Crippen molar-refractivity contribution in [3.05, 3.63) is 208 Å². The first-order chi connectivity index (χ1) is 25.8. The van der Waals surface area contributed by atoms with Gasteiger partial charge in [-0.15, -0.1) is 0 Å². The summed E-state index contributed by atoms with van der Waals surface area (Å²) in [5.74, 6) is -3.76. The lowest BCUT2D eigenvalue weighted by Gasteiger charge is -2.18. The fourth-order valence-corrected chi connectivity index (χ4v) is 6.01. The molecule has 2 atom stereocenters. The molecule has 0 bridgehead atoms. The van der Waals surface area contributed by atoms with Crippen molar-refractivity contribution in [3.63, 3.8) is 0 Å². The smallest absolute Gasteiger partial charge is 0.339 e. The highest BCUT2D eigenvalue weighted by Crippen LogP contribution is 2.31. The average molecular weight is 700 g/mol. The van der Waals surface area contributed by atoms with Gasteiger partial charge < -0.3 is 9.47 Å². The molecule has 9 heteroatoms. The predicted molar refractivity (Wildman–Crippen MR) is 195 cm³/mol. The monoisotopic (exact) mass is 699 g/mol. The van der Waals surface area contributed by atoms with Crippen LogP contribution in [0.2, 0.25) is 0 Å². The van der Waals surface area contributed by atoms with Gasteiger partial charge in [-0.3, -0.25) is 19.2 Å². The molecule has 0 aromatic heterocycles. The van der Waals surface area contributed by atoms with Crippen LogP contribution in [0.5, 0.6) is 0 Å². The summed E-state index contributed by atoms with van der Waals surface area (Å²) in [4.78, 5) is 81.6. The van der Waals surface area contributed by atoms with Crippen LogP contribution in [-0.4, -0.2) is 35.3 Å². The molecule has 0 radical (unpaired) electrons. The molecule has 0 unspecified atom stereocenters. The van der Waals surface area contributed by atoms with Crippen molar-refractivity contribution in [1.82, 2.24) is 0 Å². The lowest BCUT2D eigenvalue weighted by atomic mass is 9.99. The third-order valence-electron chi connectivity index (χ3n) is 8.73. The Hall–Kier alpha value is -7.26. The maximum atomic E-state index is 13.6. The SMILES string of the molecule is O=C(O[C@@H](C(=O)c1ccccc1)c1ccccc1)c1ccc(N2C(=O)c3ccc(C(=O)O[C@@H](C(=O)c4ccccc4)c4ccccc4)cc3C2=O)cc1. The van der Waals surface area contributed by atoms with Crippen LogP contribution >= 0.6 is 0 Å². The minimum Gasteiger partial charge on any atom is -0.445 e. The largest absolute Gasteiger partial charge is 0.445 e. The van der Waals surface area contributed by atoms with Gasteiger partial charge >= 0.3 is 11.9 Å². The number of benzene rings is 6. The molecule has 0 saturated carbocycles. The van der Waals surface area contributed by atoms with Crippen molar-refractivity contribution in [2.75, 3.05) is 4.90 Å². The zero-order valence-electron chi connectivity index (χ0n) is 28.0. The third-order valence-corrected chi connectivity index (χ3v) is 8.73. The third kappa shape index (κ3) is 7.04. The summed E-state index contributed by atoms with van der Waals surface area (Å²) in [6.45, 7) is 0. The van der Waals surface area contributed by atoms with E-state index in [0.29, 0.717) is 22.3 Å². The zero-order chi connectivity index (χ0) is 36.9. The molecule has 258 valence electrons. The van der Waals surface area contributed by atoms with E-state index in [2.05, 4.69) is 0 Å². The quantitative estimate of drug-likeness (QED) is 0.0756. The van der Waals surface area contributed by atoms with Gasteiger partial charge in [0.15, 0.2) is 12.2 Å². The Morgan fingerprint density at radius 2 is 0.811 bits per heavy atom. The summed E-state index contributed by atoms with van der Waals surface area (Å²) >= 11 is 0. The molecule has 6 aromatic rings. The van der Waals surface area contributed by atoms with Crippen LogP contribution in [0, 0.1) is 0 Å². The van der Waals surface area contributed by atoms with Crippen LogP contribution in [0.3, 0.4) is 0 Å². The van der Waals surface area contributed by atoms with Gasteiger partial charge in [-0.25, -0.2) is 14.5 Å². The van der Waals surface area contributed by atoms with E-state index in [0.717, 1.165) is 4.90 Å². The van der Waals surface area contributed by atoms with Crippen molar-refractivity contribution >= 4 is 41.0 Å². The first-order valence-corrected chi connectivity index (χ1v) is 16.6. The number of ether oxygens (including phenoxy) is 2. The number of fused-ring (bicyclic) bond motifs is 1. The molecule has 2 amide bonds. The van der Waals surface area contributed by atoms with Gasteiger partial charge in [0.2, 0.25) is 11.6 Å². The highest BCUT2D eigenvalue weighted by atomic mass is 16.6. The van der Waals surface area contributed by atoms with Crippen LogP contribution in [0.15, 0.2) is 164 Å². The summed E-state index contributed by atoms with van der Waals surface area (Å²) in [6, 6.07) is 43.8. The number of ketones is 2. The number of amides is 2. The number of hydrogen-bond acceptors (Lipinski definition) is 8. The number of carbonyl (C=O) groups excluding carboxylic acids is 6. The number of anilines is 1. The molecule has 9 nitrogen and oxygen atoms in total. The van der Waals surface area contributed by atoms with E-state index in [1.807, 2.05) is 0 Å². The maximum Gasteiger partial charge on any atom is 0.339 e. The number of rotatable bonds is 11. The normalized spacial score (nSPS) is 13.1. The number of carbonyl (C=O) groups is 6. The number of Topliss-reactive ketones (excluding diaryl/α,β-unsaturated/α-hetero) is 2. The summed E-state index contributed by atoms with van der Waals surface area (Å²) in [5, 5.41) is 0. The van der Waals surface area contributed by atoms with Gasteiger partial charge in [0.05, 0.1) is 27.9 Å². The molecule has 0 N–H and O–H groups in total. The number of nitrogens with zero attached hydrogens (tertiary/aromatic N) is 1. The summed E-state index contributed by atoms with van der Waals surface area (Å²) in [5.41, 5.74) is 2.00. The molecular formula is C44H29NO8. The van der Waals surface area contributed by atoms with Gasteiger partial charge in [-0.2, -0.15) is 0 Å². The second kappa shape index (κ2) is 14.9. The Labute approximate surface area is 304 Å². The van der Waals surface area contributed by atoms with Gasteiger partial charge in [-0.1, -0.05) is 121 Å². The molecular weight excluding hydrogens is 670 g/mol. The van der Waals surface area contributed by atoms with Gasteiger partial charge in [-0.05, 0) is 42.5 Å². The lowest BCUT2D eigenvalue weighted by Crippen LogP contribution is -2.29. The van der Waals surface area contributed by atoms with E-state index in [-0.39, 0.29) is 27.9 Å². The molecule has 53 heavy (non-hydrogen) atoms. The standard InChI is InChI=1S/C44H29NO8/c46-37(28-13-5-1-6-14-28)39(30-17-9-3-10-18-30)52-43(50)32-21-24-34(25-22-32)45-41(48)35-26-23-33(27-36(35)42(45)49)44(51)53-40(31-19-11-4-12-20-31)38(47)29-15-7-2-8-16-29/h1-27,39-40H/t39-,40-/m1/s1. The molecule has 0 saturated heterocycles. The maximum absolute atomic E-state index is 13.6. The van der Waals surface area contributed by atoms with E-state index < -0.39 is 47.5 Å². The highest BCUT2D eigenvalue weighted by molar-refractivity contribution is 6.34. The van der Waals surface area contributed by atoms with E-state index >= 15 is 0 Å². The van der Waals surface area contributed by atoms with Gasteiger partial charge in [0.25, 0.3) is 11.8 Å². The Morgan fingerprint density at radius 3 is 1.28 bits per heavy atom. The van der Waals surface area contributed by atoms with Crippen molar-refractivity contribution in [2.45, 2.75) is 12.2 Å².